The first-order valence-electron chi connectivity index (χ1n) is 16.8. The van der Waals surface area contributed by atoms with Gasteiger partial charge in [0.2, 0.25) is 0 Å². The normalized spacial score (nSPS) is 13.5. The molecule has 0 saturated carbocycles. The van der Waals surface area contributed by atoms with Crippen LogP contribution in [0.5, 0.6) is 0 Å². The number of thioether (sulfide) groups is 1. The van der Waals surface area contributed by atoms with Crippen LogP contribution in [0.15, 0.2) is 126 Å². The molecule has 0 spiro atoms. The monoisotopic (exact) mass is 676 g/mol. The summed E-state index contributed by atoms with van der Waals surface area (Å²) in [6.45, 7) is 8.06. The molecule has 0 radical (unpaired) electrons. The van der Waals surface area contributed by atoms with Crippen molar-refractivity contribution in [3.8, 4) is 0 Å². The quantitative estimate of drug-likeness (QED) is 0.136. The minimum absolute atomic E-state index is 0.0525. The van der Waals surface area contributed by atoms with E-state index in [1.165, 1.54) is 0 Å². The Hall–Kier alpha value is -5.14. The molecule has 0 unspecified atom stereocenters. The zero-order valence-corrected chi connectivity index (χ0v) is 28.9. The Kier molecular flexibility index (Phi) is 6.91. The van der Waals surface area contributed by atoms with Gasteiger partial charge in [0.1, 0.15) is 0 Å². The summed E-state index contributed by atoms with van der Waals surface area (Å²) >= 11 is -0.0525. The fourth-order valence-corrected chi connectivity index (χ4v) is 8.59. The number of hydrogen-bond donors (Lipinski definition) is 0. The number of benzene rings is 7. The lowest BCUT2D eigenvalue weighted by Gasteiger charge is -2.44. The highest BCUT2D eigenvalue weighted by atomic mass is 32.2. The van der Waals surface area contributed by atoms with Gasteiger partial charge < -0.3 is 9.80 Å². The second-order valence-electron chi connectivity index (χ2n) is 13.7. The minimum Gasteiger partial charge on any atom is -0.311 e. The molecule has 9 rings (SSSR count). The molecular weight excluding hydrogens is 644 g/mol. The van der Waals surface area contributed by atoms with Gasteiger partial charge in [-0.25, -0.2) is 0 Å². The van der Waals surface area contributed by atoms with Crippen molar-refractivity contribution in [2.75, 3.05) is 9.80 Å². The predicted molar refractivity (Wildman–Crippen MR) is 206 cm³/mol. The van der Waals surface area contributed by atoms with Gasteiger partial charge in [0.25, 0.3) is 6.71 Å². The molecule has 7 heteroatoms. The first kappa shape index (κ1) is 30.9. The molecule has 0 bridgehead atoms. The third-order valence-corrected chi connectivity index (χ3v) is 10.7. The smallest absolute Gasteiger partial charge is 0.311 e. The van der Waals surface area contributed by atoms with Crippen molar-refractivity contribution in [3.05, 3.63) is 144 Å². The van der Waals surface area contributed by atoms with E-state index in [2.05, 4.69) is 135 Å². The zero-order chi connectivity index (χ0) is 34.5. The third kappa shape index (κ3) is 5.06. The largest absolute Gasteiger partial charge is 0.446 e. The van der Waals surface area contributed by atoms with Crippen LogP contribution in [-0.4, -0.2) is 12.2 Å². The number of nitrogens with zero attached hydrogens (tertiary/aromatic N) is 2. The highest BCUT2D eigenvalue weighted by Crippen LogP contribution is 2.49. The second kappa shape index (κ2) is 11.2. The Bertz CT molecular complexity index is 2380. The molecule has 0 aromatic heterocycles. The van der Waals surface area contributed by atoms with Gasteiger partial charge in [0, 0.05) is 39.0 Å². The van der Waals surface area contributed by atoms with Gasteiger partial charge in [-0.05, 0) is 137 Å². The standard InChI is InChI=1S/C43H32BF3N2S/c1-25-7-5-9-33(17-25)48-38-21-31-15-27(3)11-13-29(31)19-36(38)44-37-20-30-14-12-28(4)16-32(30)22-39(37)49(34-10-6-8-26(2)18-34)41-24-35(50-43(45,46)47)23-40(48)42(41)44/h5-24H,1-4H3. The zero-order valence-electron chi connectivity index (χ0n) is 28.1. The van der Waals surface area contributed by atoms with Gasteiger partial charge >= 0.3 is 5.51 Å². The Morgan fingerprint density at radius 3 is 1.38 bits per heavy atom. The SMILES string of the molecule is Cc1cccc(N2c3cc4cc(C)ccc4cc3B3c4cc5ccc(C)cc5cc4N(c4cccc(C)c4)c4cc(SC(F)(F)F)cc2c43)c1. The number of hydrogen-bond acceptors (Lipinski definition) is 3. The van der Waals surface area contributed by atoms with Crippen LogP contribution in [0.25, 0.3) is 21.5 Å². The van der Waals surface area contributed by atoms with Crippen molar-refractivity contribution in [1.29, 1.82) is 0 Å². The van der Waals surface area contributed by atoms with Gasteiger partial charge in [-0.3, -0.25) is 0 Å². The number of fused-ring (bicyclic) bond motifs is 6. The summed E-state index contributed by atoms with van der Waals surface area (Å²) in [5.41, 5.74) is 8.56. The number of alkyl halides is 3. The fraction of sp³-hybridized carbons (Fsp3) is 0.116. The highest BCUT2D eigenvalue weighted by molar-refractivity contribution is 8.00. The Morgan fingerprint density at radius 1 is 0.480 bits per heavy atom. The van der Waals surface area contributed by atoms with Crippen molar-refractivity contribution in [2.24, 2.45) is 0 Å². The van der Waals surface area contributed by atoms with E-state index in [-0.39, 0.29) is 23.4 Å². The van der Waals surface area contributed by atoms with E-state index in [4.69, 9.17) is 0 Å². The summed E-state index contributed by atoms with van der Waals surface area (Å²) in [7, 11) is 0. The molecule has 7 aromatic rings. The molecule has 2 nitrogen and oxygen atoms in total. The molecule has 2 aliphatic rings. The summed E-state index contributed by atoms with van der Waals surface area (Å²) in [6.07, 6.45) is 0. The number of rotatable bonds is 3. The van der Waals surface area contributed by atoms with Crippen molar-refractivity contribution >= 4 is 90.5 Å². The van der Waals surface area contributed by atoms with E-state index >= 15 is 0 Å². The Morgan fingerprint density at radius 2 is 0.940 bits per heavy atom. The lowest BCUT2D eigenvalue weighted by atomic mass is 9.33. The Labute approximate surface area is 294 Å². The van der Waals surface area contributed by atoms with Crippen LogP contribution in [0.1, 0.15) is 22.3 Å². The van der Waals surface area contributed by atoms with Crippen molar-refractivity contribution < 1.29 is 13.2 Å². The number of aryl methyl sites for hydroxylation is 4. The van der Waals surface area contributed by atoms with E-state index in [0.29, 0.717) is 0 Å². The van der Waals surface area contributed by atoms with Crippen LogP contribution in [0, 0.1) is 27.7 Å². The fourth-order valence-electron chi connectivity index (χ4n) is 7.98. The van der Waals surface area contributed by atoms with Crippen molar-refractivity contribution in [1.82, 2.24) is 0 Å². The highest BCUT2D eigenvalue weighted by Gasteiger charge is 2.44. The molecule has 0 fully saturated rings. The third-order valence-electron chi connectivity index (χ3n) is 10.0. The van der Waals surface area contributed by atoms with E-state index in [9.17, 15) is 13.2 Å². The molecule has 50 heavy (non-hydrogen) atoms. The summed E-state index contributed by atoms with van der Waals surface area (Å²) in [6, 6.07) is 42.0. The summed E-state index contributed by atoms with van der Waals surface area (Å²) in [5, 5.41) is 4.45. The van der Waals surface area contributed by atoms with E-state index in [1.54, 1.807) is 12.1 Å². The average Bonchev–Trinajstić information content (AvgIpc) is 3.05. The van der Waals surface area contributed by atoms with Crippen molar-refractivity contribution in [2.45, 2.75) is 38.1 Å². The number of anilines is 6. The molecule has 0 atom stereocenters. The van der Waals surface area contributed by atoms with Gasteiger partial charge in [0.05, 0.1) is 0 Å². The molecule has 0 amide bonds. The van der Waals surface area contributed by atoms with E-state index in [0.717, 1.165) is 94.3 Å². The topological polar surface area (TPSA) is 6.48 Å². The van der Waals surface area contributed by atoms with Crippen molar-refractivity contribution in [3.63, 3.8) is 0 Å². The molecule has 0 aliphatic carbocycles. The first-order valence-corrected chi connectivity index (χ1v) is 17.6. The number of halogens is 3. The van der Waals surface area contributed by atoms with Crippen LogP contribution in [-0.2, 0) is 0 Å². The van der Waals surface area contributed by atoms with E-state index in [1.807, 2.05) is 12.1 Å². The predicted octanol–water partition coefficient (Wildman–Crippen LogP) is 10.9. The maximum Gasteiger partial charge on any atom is 0.446 e. The molecular formula is C43H32BF3N2S. The summed E-state index contributed by atoms with van der Waals surface area (Å²) in [4.78, 5) is 4.52. The molecule has 244 valence electrons. The van der Waals surface area contributed by atoms with Gasteiger partial charge in [-0.1, -0.05) is 83.9 Å². The molecule has 0 N–H and O–H groups in total. The van der Waals surface area contributed by atoms with Crippen LogP contribution in [0.3, 0.4) is 0 Å². The van der Waals surface area contributed by atoms with E-state index < -0.39 is 5.51 Å². The summed E-state index contributed by atoms with van der Waals surface area (Å²) < 4.78 is 42.9. The van der Waals surface area contributed by atoms with Crippen LogP contribution in [0.2, 0.25) is 0 Å². The average molecular weight is 677 g/mol. The lowest BCUT2D eigenvalue weighted by molar-refractivity contribution is -0.0328. The first-order chi connectivity index (χ1) is 24.0. The molecule has 2 aliphatic heterocycles. The maximum absolute atomic E-state index is 14.3. The molecule has 2 heterocycles. The maximum atomic E-state index is 14.3. The van der Waals surface area contributed by atoms with Gasteiger partial charge in [-0.2, -0.15) is 13.2 Å². The van der Waals surface area contributed by atoms with Crippen LogP contribution >= 0.6 is 11.8 Å². The van der Waals surface area contributed by atoms with Gasteiger partial charge in [-0.15, -0.1) is 0 Å². The molecule has 7 aromatic carbocycles. The lowest BCUT2D eigenvalue weighted by Crippen LogP contribution is -2.61. The summed E-state index contributed by atoms with van der Waals surface area (Å²) in [5.74, 6) is 0. The minimum atomic E-state index is -4.46. The van der Waals surface area contributed by atoms with Gasteiger partial charge in [0.15, 0.2) is 0 Å². The molecule has 0 saturated heterocycles. The Balaban J connectivity index is 1.45. The second-order valence-corrected chi connectivity index (χ2v) is 14.9. The van der Waals surface area contributed by atoms with Crippen LogP contribution in [0.4, 0.5) is 47.3 Å². The van der Waals surface area contributed by atoms with Crippen LogP contribution < -0.4 is 26.2 Å².